The average Bonchev–Trinajstić information content (AvgIpc) is 2.10. The van der Waals surface area contributed by atoms with Gasteiger partial charge in [0.2, 0.25) is 0 Å². The van der Waals surface area contributed by atoms with E-state index in [9.17, 15) is 18.4 Å². The molecule has 1 aromatic rings. The van der Waals surface area contributed by atoms with E-state index in [4.69, 9.17) is 10.2 Å². The lowest BCUT2D eigenvalue weighted by Crippen LogP contribution is -2.35. The minimum Gasteiger partial charge on any atom is -0.464 e. The predicted molar refractivity (Wildman–Crippen MR) is 44.9 cm³/mol. The third-order valence-corrected chi connectivity index (χ3v) is 1.53. The van der Waals surface area contributed by atoms with Crippen LogP contribution < -0.4 is 4.90 Å². The molecule has 0 aliphatic carbocycles. The minimum atomic E-state index is -1.91. The number of rotatable bonds is 1. The van der Waals surface area contributed by atoms with Crippen LogP contribution in [0.5, 0.6) is 0 Å². The van der Waals surface area contributed by atoms with Crippen molar-refractivity contribution in [2.45, 2.75) is 0 Å². The molecule has 1 rings (SSSR count). The minimum absolute atomic E-state index is 0.307. The Labute approximate surface area is 82.2 Å². The van der Waals surface area contributed by atoms with Crippen LogP contribution >= 0.6 is 0 Å². The van der Waals surface area contributed by atoms with Crippen LogP contribution in [0.25, 0.3) is 0 Å². The van der Waals surface area contributed by atoms with Gasteiger partial charge in [-0.1, -0.05) is 0 Å². The topological polar surface area (TPSA) is 77.8 Å². The van der Waals surface area contributed by atoms with Gasteiger partial charge in [0, 0.05) is 6.07 Å². The first-order valence-corrected chi connectivity index (χ1v) is 3.64. The molecular weight excluding hydrogens is 212 g/mol. The van der Waals surface area contributed by atoms with Crippen LogP contribution in [-0.2, 0) is 0 Å². The molecule has 0 fully saturated rings. The second-order valence-corrected chi connectivity index (χ2v) is 2.50. The molecule has 1 aromatic carbocycles. The molecule has 0 atom stereocenters. The highest BCUT2D eigenvalue weighted by Crippen LogP contribution is 2.20. The van der Waals surface area contributed by atoms with E-state index in [1.807, 2.05) is 0 Å². The standard InChI is InChI=1S/C8H5F2NO4/c9-4-1-2-5(10)6(3-4)11(7(12)13)8(14)15/h1-3H,(H,12,13)(H,14,15). The Morgan fingerprint density at radius 2 is 1.67 bits per heavy atom. The Bertz CT molecular complexity index is 407. The quantitative estimate of drug-likeness (QED) is 0.755. The van der Waals surface area contributed by atoms with Crippen molar-refractivity contribution in [3.8, 4) is 0 Å². The Kier molecular flexibility index (Phi) is 2.84. The molecule has 15 heavy (non-hydrogen) atoms. The van der Waals surface area contributed by atoms with Crippen LogP contribution in [0.2, 0.25) is 0 Å². The van der Waals surface area contributed by atoms with Crippen molar-refractivity contribution in [1.82, 2.24) is 0 Å². The smallest absolute Gasteiger partial charge is 0.421 e. The maximum Gasteiger partial charge on any atom is 0.421 e. The summed E-state index contributed by atoms with van der Waals surface area (Å²) in [5.41, 5.74) is -0.866. The molecule has 0 saturated heterocycles. The number of nitrogens with zero attached hydrogens (tertiary/aromatic N) is 1. The number of amides is 2. The molecule has 2 amide bonds. The molecular formula is C8H5F2NO4. The van der Waals surface area contributed by atoms with E-state index >= 15 is 0 Å². The van der Waals surface area contributed by atoms with Gasteiger partial charge in [0.1, 0.15) is 11.6 Å². The van der Waals surface area contributed by atoms with Gasteiger partial charge in [-0.3, -0.25) is 0 Å². The van der Waals surface area contributed by atoms with Gasteiger partial charge in [-0.05, 0) is 12.1 Å². The molecule has 0 heterocycles. The molecule has 80 valence electrons. The summed E-state index contributed by atoms with van der Waals surface area (Å²) in [4.78, 5) is 20.6. The number of hydrogen-bond acceptors (Lipinski definition) is 2. The van der Waals surface area contributed by atoms with Crippen LogP contribution in [0.4, 0.5) is 24.1 Å². The lowest BCUT2D eigenvalue weighted by Gasteiger charge is -2.13. The third kappa shape index (κ3) is 2.19. The number of carbonyl (C=O) groups is 2. The van der Waals surface area contributed by atoms with Gasteiger partial charge >= 0.3 is 12.2 Å². The summed E-state index contributed by atoms with van der Waals surface area (Å²) in [6.45, 7) is 0. The summed E-state index contributed by atoms with van der Waals surface area (Å²) in [6, 6.07) is 1.88. The molecule has 0 aromatic heterocycles. The van der Waals surface area contributed by atoms with E-state index in [0.717, 1.165) is 6.07 Å². The monoisotopic (exact) mass is 217 g/mol. The number of carboxylic acid groups (broad SMARTS) is 2. The Morgan fingerprint density at radius 1 is 1.13 bits per heavy atom. The molecule has 0 unspecified atom stereocenters. The first-order chi connectivity index (χ1) is 6.93. The predicted octanol–water partition coefficient (Wildman–Crippen LogP) is 2.13. The van der Waals surface area contributed by atoms with Gasteiger partial charge in [0.15, 0.2) is 0 Å². The van der Waals surface area contributed by atoms with Crippen molar-refractivity contribution in [3.05, 3.63) is 29.8 Å². The molecule has 7 heteroatoms. The molecule has 0 radical (unpaired) electrons. The Balaban J connectivity index is 3.28. The lowest BCUT2D eigenvalue weighted by atomic mass is 10.3. The highest BCUT2D eigenvalue weighted by molar-refractivity contribution is 6.07. The fraction of sp³-hybridized carbons (Fsp3) is 0. The van der Waals surface area contributed by atoms with Crippen molar-refractivity contribution in [1.29, 1.82) is 0 Å². The van der Waals surface area contributed by atoms with Crippen LogP contribution in [0.1, 0.15) is 0 Å². The number of halogens is 2. The normalized spacial score (nSPS) is 9.73. The molecule has 5 nitrogen and oxygen atoms in total. The van der Waals surface area contributed by atoms with Gasteiger partial charge < -0.3 is 10.2 Å². The third-order valence-electron chi connectivity index (χ3n) is 1.53. The Morgan fingerprint density at radius 3 is 2.13 bits per heavy atom. The van der Waals surface area contributed by atoms with E-state index in [1.165, 1.54) is 0 Å². The van der Waals surface area contributed by atoms with Gasteiger partial charge in [-0.15, -0.1) is 0 Å². The number of benzene rings is 1. The fourth-order valence-corrected chi connectivity index (χ4v) is 0.945. The number of imide groups is 1. The van der Waals surface area contributed by atoms with Crippen molar-refractivity contribution >= 4 is 17.9 Å². The highest BCUT2D eigenvalue weighted by Gasteiger charge is 2.25. The largest absolute Gasteiger partial charge is 0.464 e. The van der Waals surface area contributed by atoms with E-state index in [1.54, 1.807) is 0 Å². The highest BCUT2D eigenvalue weighted by atomic mass is 19.1. The summed E-state index contributed by atoms with van der Waals surface area (Å²) < 4.78 is 25.7. The van der Waals surface area contributed by atoms with Gasteiger partial charge in [0.25, 0.3) is 0 Å². The Hall–Kier alpha value is -2.18. The fourth-order valence-electron chi connectivity index (χ4n) is 0.945. The summed E-state index contributed by atoms with van der Waals surface area (Å²) in [5.74, 6) is -2.07. The van der Waals surface area contributed by atoms with Gasteiger partial charge in [-0.2, -0.15) is 4.90 Å². The average molecular weight is 217 g/mol. The number of hydrogen-bond donors (Lipinski definition) is 2. The van der Waals surface area contributed by atoms with Crippen molar-refractivity contribution in [3.63, 3.8) is 0 Å². The van der Waals surface area contributed by atoms with Crippen molar-refractivity contribution in [2.24, 2.45) is 0 Å². The van der Waals surface area contributed by atoms with Crippen molar-refractivity contribution < 1.29 is 28.6 Å². The molecule has 0 bridgehead atoms. The second-order valence-electron chi connectivity index (χ2n) is 2.50. The second kappa shape index (κ2) is 3.91. The van der Waals surface area contributed by atoms with Crippen LogP contribution in [-0.4, -0.2) is 22.4 Å². The molecule has 2 N–H and O–H groups in total. The lowest BCUT2D eigenvalue weighted by molar-refractivity contribution is 0.184. The zero-order valence-electron chi connectivity index (χ0n) is 7.15. The van der Waals surface area contributed by atoms with E-state index in [2.05, 4.69) is 0 Å². The first-order valence-electron chi connectivity index (χ1n) is 3.64. The van der Waals surface area contributed by atoms with Crippen molar-refractivity contribution in [2.75, 3.05) is 4.90 Å². The first kappa shape index (κ1) is 10.9. The van der Waals surface area contributed by atoms with E-state index in [0.29, 0.717) is 12.1 Å². The van der Waals surface area contributed by atoms with Crippen LogP contribution in [0.3, 0.4) is 0 Å². The zero-order chi connectivity index (χ0) is 11.6. The van der Waals surface area contributed by atoms with Gasteiger partial charge in [0.05, 0.1) is 5.69 Å². The van der Waals surface area contributed by atoms with Crippen LogP contribution in [0, 0.1) is 11.6 Å². The van der Waals surface area contributed by atoms with E-state index < -0.39 is 29.5 Å². The van der Waals surface area contributed by atoms with Crippen LogP contribution in [0.15, 0.2) is 18.2 Å². The summed E-state index contributed by atoms with van der Waals surface area (Å²) >= 11 is 0. The summed E-state index contributed by atoms with van der Waals surface area (Å²) in [5, 5.41) is 16.9. The maximum absolute atomic E-state index is 13.0. The number of anilines is 1. The van der Waals surface area contributed by atoms with Gasteiger partial charge in [-0.25, -0.2) is 18.4 Å². The SMILES string of the molecule is O=C(O)N(C(=O)O)c1cc(F)ccc1F. The molecule has 0 spiro atoms. The van der Waals surface area contributed by atoms with E-state index in [-0.39, 0.29) is 4.90 Å². The summed E-state index contributed by atoms with van der Waals surface area (Å²) in [7, 11) is 0. The molecule has 0 saturated carbocycles. The molecule has 0 aliphatic rings. The maximum atomic E-state index is 13.0. The summed E-state index contributed by atoms with van der Waals surface area (Å²) in [6.07, 6.45) is -3.82. The molecule has 0 aliphatic heterocycles. The zero-order valence-corrected chi connectivity index (χ0v) is 7.15.